The number of hydrogen-bond donors (Lipinski definition) is 1. The van der Waals surface area contributed by atoms with Crippen LogP contribution in [-0.2, 0) is 0 Å². The third-order valence-corrected chi connectivity index (χ3v) is 5.69. The SMILES string of the molecule is CCCNC(=O)c1ccc(N2CCN(C3CCC(C)CC3)CC2)nc1. The highest BCUT2D eigenvalue weighted by molar-refractivity contribution is 5.94. The fraction of sp³-hybridized carbons (Fsp3) is 0.700. The molecule has 1 saturated carbocycles. The van der Waals surface area contributed by atoms with Gasteiger partial charge in [0.1, 0.15) is 5.82 Å². The van der Waals surface area contributed by atoms with Gasteiger partial charge in [0, 0.05) is 45.0 Å². The first-order valence-corrected chi connectivity index (χ1v) is 9.90. The van der Waals surface area contributed by atoms with Gasteiger partial charge in [-0.2, -0.15) is 0 Å². The summed E-state index contributed by atoms with van der Waals surface area (Å²) in [4.78, 5) is 21.5. The second-order valence-electron chi connectivity index (χ2n) is 7.60. The van der Waals surface area contributed by atoms with Crippen molar-refractivity contribution in [2.24, 2.45) is 5.92 Å². The van der Waals surface area contributed by atoms with E-state index in [9.17, 15) is 4.79 Å². The Kier molecular flexibility index (Phi) is 6.29. The first-order valence-electron chi connectivity index (χ1n) is 9.90. The second-order valence-corrected chi connectivity index (χ2v) is 7.60. The number of rotatable bonds is 5. The Labute approximate surface area is 151 Å². The fourth-order valence-corrected chi connectivity index (χ4v) is 3.97. The van der Waals surface area contributed by atoms with Crippen LogP contribution in [0, 0.1) is 5.92 Å². The van der Waals surface area contributed by atoms with Gasteiger partial charge in [-0.15, -0.1) is 0 Å². The predicted octanol–water partition coefficient (Wildman–Crippen LogP) is 2.92. The summed E-state index contributed by atoms with van der Waals surface area (Å²) >= 11 is 0. The van der Waals surface area contributed by atoms with Crippen LogP contribution in [0.4, 0.5) is 5.82 Å². The van der Waals surface area contributed by atoms with E-state index < -0.39 is 0 Å². The molecule has 1 aliphatic carbocycles. The fourth-order valence-electron chi connectivity index (χ4n) is 3.97. The normalized spacial score (nSPS) is 25.0. The molecule has 138 valence electrons. The minimum atomic E-state index is -0.0303. The predicted molar refractivity (Wildman–Crippen MR) is 102 cm³/mol. The molecule has 0 radical (unpaired) electrons. The van der Waals surface area contributed by atoms with Gasteiger partial charge in [0.25, 0.3) is 5.91 Å². The molecule has 0 spiro atoms. The van der Waals surface area contributed by atoms with E-state index >= 15 is 0 Å². The van der Waals surface area contributed by atoms with E-state index in [1.165, 1.54) is 25.7 Å². The number of piperazine rings is 1. The van der Waals surface area contributed by atoms with Gasteiger partial charge in [-0.05, 0) is 50.2 Å². The van der Waals surface area contributed by atoms with Crippen molar-refractivity contribution in [3.8, 4) is 0 Å². The summed E-state index contributed by atoms with van der Waals surface area (Å²) in [5.41, 5.74) is 0.646. The Morgan fingerprint density at radius 1 is 1.16 bits per heavy atom. The Morgan fingerprint density at radius 2 is 1.88 bits per heavy atom. The summed E-state index contributed by atoms with van der Waals surface area (Å²) in [5.74, 6) is 1.87. The highest BCUT2D eigenvalue weighted by Crippen LogP contribution is 2.28. The van der Waals surface area contributed by atoms with E-state index in [0.717, 1.165) is 50.4 Å². The van der Waals surface area contributed by atoms with Gasteiger partial charge >= 0.3 is 0 Å². The van der Waals surface area contributed by atoms with E-state index in [1.54, 1.807) is 6.20 Å². The third-order valence-electron chi connectivity index (χ3n) is 5.69. The number of nitrogens with zero attached hydrogens (tertiary/aromatic N) is 3. The first kappa shape index (κ1) is 18.2. The van der Waals surface area contributed by atoms with Crippen LogP contribution in [-0.4, -0.2) is 54.6 Å². The molecule has 0 bridgehead atoms. The van der Waals surface area contributed by atoms with Crippen LogP contribution in [0.25, 0.3) is 0 Å². The zero-order chi connectivity index (χ0) is 17.6. The number of anilines is 1. The molecule has 1 saturated heterocycles. The number of hydrogen-bond acceptors (Lipinski definition) is 4. The summed E-state index contributed by atoms with van der Waals surface area (Å²) in [6, 6.07) is 4.66. The largest absolute Gasteiger partial charge is 0.354 e. The minimum absolute atomic E-state index is 0.0303. The standard InChI is InChI=1S/C20H32N4O/c1-3-10-21-20(25)17-6-9-19(22-15-17)24-13-11-23(12-14-24)18-7-4-16(2)5-8-18/h6,9,15-16,18H,3-5,7-8,10-14H2,1-2H3,(H,21,25). The van der Waals surface area contributed by atoms with Crippen molar-refractivity contribution >= 4 is 11.7 Å². The highest BCUT2D eigenvalue weighted by Gasteiger charge is 2.27. The molecular formula is C20H32N4O. The molecule has 5 nitrogen and oxygen atoms in total. The molecule has 1 aromatic rings. The maximum absolute atomic E-state index is 12.0. The van der Waals surface area contributed by atoms with Crippen LogP contribution >= 0.6 is 0 Å². The Hall–Kier alpha value is -1.62. The van der Waals surface area contributed by atoms with E-state index in [1.807, 2.05) is 12.1 Å². The average molecular weight is 345 g/mol. The number of carbonyl (C=O) groups is 1. The van der Waals surface area contributed by atoms with Gasteiger partial charge in [0.15, 0.2) is 0 Å². The quantitative estimate of drug-likeness (QED) is 0.892. The number of carbonyl (C=O) groups excluding carboxylic acids is 1. The van der Waals surface area contributed by atoms with Gasteiger partial charge in [-0.3, -0.25) is 9.69 Å². The lowest BCUT2D eigenvalue weighted by Crippen LogP contribution is -2.51. The molecule has 3 rings (SSSR count). The molecule has 1 aliphatic heterocycles. The van der Waals surface area contributed by atoms with Crippen LogP contribution in [0.3, 0.4) is 0 Å². The van der Waals surface area contributed by atoms with E-state index in [0.29, 0.717) is 12.1 Å². The molecule has 0 aromatic carbocycles. The maximum Gasteiger partial charge on any atom is 0.252 e. The van der Waals surface area contributed by atoms with Crippen molar-refractivity contribution in [2.45, 2.75) is 52.0 Å². The minimum Gasteiger partial charge on any atom is -0.354 e. The first-order chi connectivity index (χ1) is 12.2. The molecule has 2 fully saturated rings. The molecular weight excluding hydrogens is 312 g/mol. The van der Waals surface area contributed by atoms with E-state index in [4.69, 9.17) is 0 Å². The van der Waals surface area contributed by atoms with E-state index in [-0.39, 0.29) is 5.91 Å². The molecule has 1 N–H and O–H groups in total. The van der Waals surface area contributed by atoms with Crippen LogP contribution in [0.1, 0.15) is 56.3 Å². The van der Waals surface area contributed by atoms with Crippen LogP contribution in [0.5, 0.6) is 0 Å². The highest BCUT2D eigenvalue weighted by atomic mass is 16.1. The molecule has 2 aliphatic rings. The van der Waals surface area contributed by atoms with Crippen molar-refractivity contribution in [2.75, 3.05) is 37.6 Å². The van der Waals surface area contributed by atoms with Crippen molar-refractivity contribution in [3.05, 3.63) is 23.9 Å². The van der Waals surface area contributed by atoms with Crippen LogP contribution in [0.2, 0.25) is 0 Å². The Bertz CT molecular complexity index is 543. The van der Waals surface area contributed by atoms with Crippen molar-refractivity contribution in [1.29, 1.82) is 0 Å². The van der Waals surface area contributed by atoms with E-state index in [2.05, 4.69) is 33.9 Å². The smallest absolute Gasteiger partial charge is 0.252 e. The van der Waals surface area contributed by atoms with Crippen LogP contribution in [0.15, 0.2) is 18.3 Å². The molecule has 1 aromatic heterocycles. The number of pyridine rings is 1. The number of aromatic nitrogens is 1. The van der Waals surface area contributed by atoms with Gasteiger partial charge < -0.3 is 10.2 Å². The molecule has 25 heavy (non-hydrogen) atoms. The molecule has 1 amide bonds. The second kappa shape index (κ2) is 8.65. The summed E-state index contributed by atoms with van der Waals surface area (Å²) in [6.45, 7) is 9.45. The average Bonchev–Trinajstić information content (AvgIpc) is 2.67. The lowest BCUT2D eigenvalue weighted by Gasteiger charge is -2.42. The van der Waals surface area contributed by atoms with Crippen molar-refractivity contribution in [3.63, 3.8) is 0 Å². The summed E-state index contributed by atoms with van der Waals surface area (Å²) < 4.78 is 0. The van der Waals surface area contributed by atoms with Gasteiger partial charge in [-0.1, -0.05) is 13.8 Å². The van der Waals surface area contributed by atoms with Crippen molar-refractivity contribution < 1.29 is 4.79 Å². The number of nitrogens with one attached hydrogen (secondary N) is 1. The lowest BCUT2D eigenvalue weighted by atomic mass is 9.86. The van der Waals surface area contributed by atoms with Gasteiger partial charge in [-0.25, -0.2) is 4.98 Å². The zero-order valence-corrected chi connectivity index (χ0v) is 15.7. The maximum atomic E-state index is 12.0. The van der Waals surface area contributed by atoms with Gasteiger partial charge in [0.2, 0.25) is 0 Å². The Balaban J connectivity index is 1.50. The monoisotopic (exact) mass is 344 g/mol. The summed E-state index contributed by atoms with van der Waals surface area (Å²) in [7, 11) is 0. The molecule has 0 atom stereocenters. The zero-order valence-electron chi connectivity index (χ0n) is 15.7. The molecule has 5 heteroatoms. The third kappa shape index (κ3) is 4.72. The van der Waals surface area contributed by atoms with Gasteiger partial charge in [0.05, 0.1) is 5.56 Å². The topological polar surface area (TPSA) is 48.5 Å². The Morgan fingerprint density at radius 3 is 2.48 bits per heavy atom. The molecule has 2 heterocycles. The molecule has 0 unspecified atom stereocenters. The summed E-state index contributed by atoms with van der Waals surface area (Å²) in [5, 5.41) is 2.89. The summed E-state index contributed by atoms with van der Waals surface area (Å²) in [6.07, 6.45) is 8.14. The van der Waals surface area contributed by atoms with Crippen LogP contribution < -0.4 is 10.2 Å². The number of amides is 1. The van der Waals surface area contributed by atoms with Crippen molar-refractivity contribution in [1.82, 2.24) is 15.2 Å². The lowest BCUT2D eigenvalue weighted by molar-refractivity contribution is 0.0953.